The zero-order valence-electron chi connectivity index (χ0n) is 22.1. The van der Waals surface area contributed by atoms with Crippen LogP contribution in [0.5, 0.6) is 0 Å². The second-order valence-corrected chi connectivity index (χ2v) is 10.7. The number of anilines is 2. The van der Waals surface area contributed by atoms with E-state index in [1.807, 2.05) is 19.0 Å². The summed E-state index contributed by atoms with van der Waals surface area (Å²) in [6, 6.07) is 5.42. The highest BCUT2D eigenvalue weighted by molar-refractivity contribution is 5.95. The first-order valence-corrected chi connectivity index (χ1v) is 13.4. The Morgan fingerprint density at radius 3 is 2.46 bits per heavy atom. The fourth-order valence-corrected chi connectivity index (χ4v) is 5.92. The number of carbonyl (C=O) groups excluding carboxylic acids is 1. The Bertz CT molecular complexity index is 1170. The summed E-state index contributed by atoms with van der Waals surface area (Å²) in [5, 5.41) is 11.4. The summed E-state index contributed by atoms with van der Waals surface area (Å²) >= 11 is 0. The van der Waals surface area contributed by atoms with Crippen molar-refractivity contribution < 1.29 is 9.72 Å². The third-order valence-corrected chi connectivity index (χ3v) is 8.08. The van der Waals surface area contributed by atoms with Crippen LogP contribution in [0.2, 0.25) is 0 Å². The van der Waals surface area contributed by atoms with E-state index in [-0.39, 0.29) is 11.6 Å². The summed E-state index contributed by atoms with van der Waals surface area (Å²) in [5.74, 6) is 1.41. The summed E-state index contributed by atoms with van der Waals surface area (Å²) < 4.78 is 0. The molecule has 1 amide bonds. The first-order chi connectivity index (χ1) is 17.8. The van der Waals surface area contributed by atoms with E-state index >= 15 is 0 Å². The van der Waals surface area contributed by atoms with Gasteiger partial charge >= 0.3 is 0 Å². The van der Waals surface area contributed by atoms with E-state index in [0.717, 1.165) is 55.2 Å². The number of nitrogens with zero attached hydrogens (tertiary/aromatic N) is 7. The Morgan fingerprint density at radius 2 is 1.78 bits per heavy atom. The fraction of sp³-hybridized carbons (Fsp3) is 0.593. The molecule has 198 valence electrons. The number of benzene rings is 1. The molecule has 2 aliphatic heterocycles. The molecule has 1 aliphatic carbocycles. The molecule has 2 fully saturated rings. The Labute approximate surface area is 218 Å². The maximum absolute atomic E-state index is 13.3. The lowest BCUT2D eigenvalue weighted by Crippen LogP contribution is -2.51. The van der Waals surface area contributed by atoms with E-state index in [0.29, 0.717) is 30.6 Å². The lowest BCUT2D eigenvalue weighted by atomic mass is 9.94. The maximum Gasteiger partial charge on any atom is 0.273 e. The topological polar surface area (TPSA) is 99.0 Å². The smallest absolute Gasteiger partial charge is 0.273 e. The van der Waals surface area contributed by atoms with Gasteiger partial charge in [-0.25, -0.2) is 4.98 Å². The van der Waals surface area contributed by atoms with Crippen LogP contribution in [0.3, 0.4) is 0 Å². The van der Waals surface area contributed by atoms with Gasteiger partial charge in [-0.2, -0.15) is 4.98 Å². The predicted molar refractivity (Wildman–Crippen MR) is 143 cm³/mol. The van der Waals surface area contributed by atoms with Gasteiger partial charge in [0, 0.05) is 82.0 Å². The predicted octanol–water partition coefficient (Wildman–Crippen LogP) is 3.41. The highest BCUT2D eigenvalue weighted by Gasteiger charge is 2.30. The number of hydrogen-bond acceptors (Lipinski definition) is 8. The van der Waals surface area contributed by atoms with Crippen molar-refractivity contribution >= 4 is 23.4 Å². The molecule has 1 saturated heterocycles. The molecule has 3 heterocycles. The van der Waals surface area contributed by atoms with Gasteiger partial charge in [0.05, 0.1) is 17.2 Å². The first-order valence-electron chi connectivity index (χ1n) is 13.4. The maximum atomic E-state index is 13.3. The number of carbonyl (C=O) groups is 1. The molecule has 0 radical (unpaired) electrons. The van der Waals surface area contributed by atoms with Crippen molar-refractivity contribution in [3.63, 3.8) is 0 Å². The summed E-state index contributed by atoms with van der Waals surface area (Å²) in [5.41, 5.74) is 2.79. The fourth-order valence-electron chi connectivity index (χ4n) is 5.92. The molecular formula is C27H37N7O3. The van der Waals surface area contributed by atoms with Crippen molar-refractivity contribution in [3.05, 3.63) is 50.7 Å². The summed E-state index contributed by atoms with van der Waals surface area (Å²) in [6.45, 7) is 6.54. The minimum absolute atomic E-state index is 0.0335. The molecule has 1 saturated carbocycles. The molecule has 1 aromatic heterocycles. The third kappa shape index (κ3) is 5.25. The molecule has 0 bridgehead atoms. The van der Waals surface area contributed by atoms with Crippen molar-refractivity contribution in [3.8, 4) is 0 Å². The van der Waals surface area contributed by atoms with E-state index in [1.165, 1.54) is 38.2 Å². The van der Waals surface area contributed by atoms with Crippen molar-refractivity contribution in [1.29, 1.82) is 0 Å². The zero-order chi connectivity index (χ0) is 26.1. The van der Waals surface area contributed by atoms with Gasteiger partial charge in [0.25, 0.3) is 11.6 Å². The quantitative estimate of drug-likeness (QED) is 0.449. The number of aromatic nitrogens is 2. The van der Waals surface area contributed by atoms with Crippen LogP contribution in [-0.2, 0) is 13.0 Å². The van der Waals surface area contributed by atoms with Crippen LogP contribution >= 0.6 is 0 Å². The standard InChI is InChI=1S/C27H37N7O3/c1-19-9-10-20(17-24(19)34(36)37)26(35)33-12-11-23-22(18-33)25(30(2)3)29-27(28-23)32-15-13-31(14-16-32)21-7-5-4-6-8-21/h9-10,17,21H,4-8,11-16,18H2,1-3H3. The highest BCUT2D eigenvalue weighted by atomic mass is 16.6. The highest BCUT2D eigenvalue weighted by Crippen LogP contribution is 2.30. The van der Waals surface area contributed by atoms with Crippen molar-refractivity contribution in [1.82, 2.24) is 19.8 Å². The molecule has 0 atom stereocenters. The SMILES string of the molecule is Cc1ccc(C(=O)N2CCc3nc(N4CCN(C5CCCCC5)CC4)nc(N(C)C)c3C2)cc1[N+](=O)[O-]. The second-order valence-electron chi connectivity index (χ2n) is 10.7. The van der Waals surface area contributed by atoms with E-state index in [9.17, 15) is 14.9 Å². The Balaban J connectivity index is 1.33. The van der Waals surface area contributed by atoms with Gasteiger partial charge in [0.2, 0.25) is 5.95 Å². The number of amides is 1. The van der Waals surface area contributed by atoms with Gasteiger partial charge < -0.3 is 14.7 Å². The average Bonchev–Trinajstić information content (AvgIpc) is 2.92. The molecule has 2 aromatic rings. The van der Waals surface area contributed by atoms with Crippen LogP contribution in [0.1, 0.15) is 59.3 Å². The van der Waals surface area contributed by atoms with E-state index in [1.54, 1.807) is 24.0 Å². The second kappa shape index (κ2) is 10.6. The minimum Gasteiger partial charge on any atom is -0.362 e. The summed E-state index contributed by atoms with van der Waals surface area (Å²) in [6.07, 6.45) is 7.36. The molecule has 0 spiro atoms. The van der Waals surface area contributed by atoms with Crippen LogP contribution in [0.4, 0.5) is 17.5 Å². The van der Waals surface area contributed by atoms with Gasteiger partial charge in [-0.3, -0.25) is 19.8 Å². The van der Waals surface area contributed by atoms with Crippen LogP contribution in [0.25, 0.3) is 0 Å². The van der Waals surface area contributed by atoms with Gasteiger partial charge in [-0.15, -0.1) is 0 Å². The molecule has 10 nitrogen and oxygen atoms in total. The number of hydrogen-bond donors (Lipinski definition) is 0. The van der Waals surface area contributed by atoms with E-state index in [4.69, 9.17) is 9.97 Å². The number of rotatable bonds is 5. The molecule has 1 aromatic carbocycles. The Hall–Kier alpha value is -3.27. The van der Waals surface area contributed by atoms with E-state index in [2.05, 4.69) is 9.80 Å². The van der Waals surface area contributed by atoms with Crippen LogP contribution < -0.4 is 9.80 Å². The number of piperazine rings is 1. The molecule has 10 heteroatoms. The largest absolute Gasteiger partial charge is 0.362 e. The monoisotopic (exact) mass is 507 g/mol. The van der Waals surface area contributed by atoms with Gasteiger partial charge in [-0.05, 0) is 25.8 Å². The Kier molecular flexibility index (Phi) is 7.28. The Morgan fingerprint density at radius 1 is 1.05 bits per heavy atom. The minimum atomic E-state index is -0.438. The average molecular weight is 508 g/mol. The van der Waals surface area contributed by atoms with E-state index < -0.39 is 4.92 Å². The van der Waals surface area contributed by atoms with Crippen LogP contribution in [-0.4, -0.2) is 83.5 Å². The first kappa shape index (κ1) is 25.4. The zero-order valence-corrected chi connectivity index (χ0v) is 22.1. The third-order valence-electron chi connectivity index (χ3n) is 8.08. The van der Waals surface area contributed by atoms with Crippen LogP contribution in [0, 0.1) is 17.0 Å². The number of nitro benzene ring substituents is 1. The normalized spacial score (nSPS) is 19.0. The number of aryl methyl sites for hydroxylation is 1. The van der Waals surface area contributed by atoms with Crippen molar-refractivity contribution in [2.75, 3.05) is 56.6 Å². The van der Waals surface area contributed by atoms with Gasteiger partial charge in [0.1, 0.15) is 5.82 Å². The molecule has 5 rings (SSSR count). The summed E-state index contributed by atoms with van der Waals surface area (Å²) in [7, 11) is 3.94. The lowest BCUT2D eigenvalue weighted by Gasteiger charge is -2.41. The molecule has 0 N–H and O–H groups in total. The van der Waals surface area contributed by atoms with Gasteiger partial charge in [-0.1, -0.05) is 25.3 Å². The molecular weight excluding hydrogens is 470 g/mol. The van der Waals surface area contributed by atoms with Crippen molar-refractivity contribution in [2.24, 2.45) is 0 Å². The van der Waals surface area contributed by atoms with Crippen LogP contribution in [0.15, 0.2) is 18.2 Å². The molecule has 37 heavy (non-hydrogen) atoms. The lowest BCUT2D eigenvalue weighted by molar-refractivity contribution is -0.385. The van der Waals surface area contributed by atoms with Gasteiger partial charge in [0.15, 0.2) is 0 Å². The molecule has 0 unspecified atom stereocenters. The molecule has 3 aliphatic rings. The van der Waals surface area contributed by atoms with Crippen molar-refractivity contribution in [2.45, 2.75) is 58.0 Å². The number of nitro groups is 1. The summed E-state index contributed by atoms with van der Waals surface area (Å²) in [4.78, 5) is 42.8. The number of fused-ring (bicyclic) bond motifs is 1.